The molecule has 0 radical (unpaired) electrons. The predicted molar refractivity (Wildman–Crippen MR) is 129 cm³/mol. The van der Waals surface area contributed by atoms with Crippen LogP contribution in [0.4, 0.5) is 16.4 Å². The van der Waals surface area contributed by atoms with Gasteiger partial charge in [-0.2, -0.15) is 0 Å². The molecule has 0 aliphatic carbocycles. The summed E-state index contributed by atoms with van der Waals surface area (Å²) in [6.45, 7) is 7.31. The van der Waals surface area contributed by atoms with E-state index < -0.39 is 0 Å². The molecule has 29 heavy (non-hydrogen) atoms. The van der Waals surface area contributed by atoms with Crippen molar-refractivity contribution in [3.8, 4) is 0 Å². The minimum atomic E-state index is 0. The SMILES string of the molecule is CO[C@H](C)C[C@H]1CN(C2=Nc3ccccc3Nc3sc(C)cc32)CCN1C.Cl.Cl. The molecule has 1 fully saturated rings. The lowest BCUT2D eigenvalue weighted by atomic mass is 10.0. The number of thiophene rings is 1. The van der Waals surface area contributed by atoms with Crippen LogP contribution in [0.25, 0.3) is 0 Å². The van der Waals surface area contributed by atoms with Crippen molar-refractivity contribution in [3.63, 3.8) is 0 Å². The molecule has 160 valence electrons. The Morgan fingerprint density at radius 2 is 2.03 bits per heavy atom. The maximum atomic E-state index is 5.52. The Balaban J connectivity index is 0.00000150. The minimum Gasteiger partial charge on any atom is -0.382 e. The lowest BCUT2D eigenvalue weighted by Crippen LogP contribution is -2.54. The van der Waals surface area contributed by atoms with Crippen LogP contribution in [0.1, 0.15) is 23.8 Å². The number of nitrogens with one attached hydrogen (secondary N) is 1. The molecule has 4 rings (SSSR count). The second kappa shape index (κ2) is 10.1. The molecular formula is C21H30Cl2N4OS. The van der Waals surface area contributed by atoms with Gasteiger partial charge in [0.05, 0.1) is 23.0 Å². The quantitative estimate of drug-likeness (QED) is 0.698. The number of nitrogens with zero attached hydrogens (tertiary/aromatic N) is 3. The van der Waals surface area contributed by atoms with E-state index in [4.69, 9.17) is 9.73 Å². The van der Waals surface area contributed by atoms with Crippen LogP contribution in [-0.2, 0) is 4.74 Å². The van der Waals surface area contributed by atoms with E-state index in [1.54, 1.807) is 18.4 Å². The number of benzene rings is 1. The molecule has 0 unspecified atom stereocenters. The predicted octanol–water partition coefficient (Wildman–Crippen LogP) is 5.08. The lowest BCUT2D eigenvalue weighted by Gasteiger charge is -2.41. The molecule has 2 aliphatic rings. The van der Waals surface area contributed by atoms with Crippen LogP contribution in [0.15, 0.2) is 35.3 Å². The van der Waals surface area contributed by atoms with Gasteiger partial charge in [0.25, 0.3) is 0 Å². The number of amidine groups is 1. The molecular weight excluding hydrogens is 427 g/mol. The fourth-order valence-electron chi connectivity index (χ4n) is 3.86. The number of rotatable bonds is 3. The molecule has 2 atom stereocenters. The third-order valence-corrected chi connectivity index (χ3v) is 6.52. The monoisotopic (exact) mass is 456 g/mol. The van der Waals surface area contributed by atoms with Gasteiger partial charge >= 0.3 is 0 Å². The molecule has 1 N–H and O–H groups in total. The Morgan fingerprint density at radius 3 is 2.79 bits per heavy atom. The largest absolute Gasteiger partial charge is 0.382 e. The fourth-order valence-corrected chi connectivity index (χ4v) is 4.78. The molecule has 0 amide bonds. The summed E-state index contributed by atoms with van der Waals surface area (Å²) in [5.74, 6) is 1.09. The van der Waals surface area contributed by atoms with Gasteiger partial charge < -0.3 is 15.0 Å². The zero-order valence-corrected chi connectivity index (χ0v) is 19.8. The Morgan fingerprint density at radius 1 is 1.28 bits per heavy atom. The number of halogens is 2. The summed E-state index contributed by atoms with van der Waals surface area (Å²) in [5, 5.41) is 4.79. The second-order valence-electron chi connectivity index (χ2n) is 7.54. The third-order valence-electron chi connectivity index (χ3n) is 5.56. The van der Waals surface area contributed by atoms with E-state index in [1.165, 1.54) is 15.4 Å². The highest BCUT2D eigenvalue weighted by Crippen LogP contribution is 2.39. The number of anilines is 2. The van der Waals surface area contributed by atoms with E-state index in [9.17, 15) is 0 Å². The third kappa shape index (κ3) is 5.06. The highest BCUT2D eigenvalue weighted by Gasteiger charge is 2.30. The van der Waals surface area contributed by atoms with Crippen LogP contribution in [-0.4, -0.2) is 61.6 Å². The number of para-hydroxylation sites is 2. The average Bonchev–Trinajstić information content (AvgIpc) is 2.95. The molecule has 1 saturated heterocycles. The summed E-state index contributed by atoms with van der Waals surface area (Å²) < 4.78 is 5.52. The van der Waals surface area contributed by atoms with E-state index in [2.05, 4.69) is 66.3 Å². The number of likely N-dealkylation sites (N-methyl/N-ethyl adjacent to an activating group) is 1. The van der Waals surface area contributed by atoms with Crippen molar-refractivity contribution in [2.75, 3.05) is 39.1 Å². The normalized spacial score (nSPS) is 19.5. The van der Waals surface area contributed by atoms with Crippen LogP contribution >= 0.6 is 36.2 Å². The molecule has 0 spiro atoms. The number of aryl methyl sites for hydroxylation is 1. The lowest BCUT2D eigenvalue weighted by molar-refractivity contribution is 0.0565. The first-order chi connectivity index (χ1) is 13.0. The van der Waals surface area contributed by atoms with Crippen molar-refractivity contribution in [3.05, 3.63) is 40.8 Å². The smallest absolute Gasteiger partial charge is 0.139 e. The van der Waals surface area contributed by atoms with E-state index in [-0.39, 0.29) is 30.9 Å². The molecule has 2 aromatic rings. The van der Waals surface area contributed by atoms with Gasteiger partial charge in [-0.3, -0.25) is 4.90 Å². The molecule has 0 saturated carbocycles. The van der Waals surface area contributed by atoms with Gasteiger partial charge in [-0.15, -0.1) is 36.2 Å². The zero-order chi connectivity index (χ0) is 19.0. The molecule has 8 heteroatoms. The molecule has 1 aromatic carbocycles. The van der Waals surface area contributed by atoms with Gasteiger partial charge in [-0.25, -0.2) is 4.99 Å². The van der Waals surface area contributed by atoms with Crippen molar-refractivity contribution in [1.82, 2.24) is 9.80 Å². The summed E-state index contributed by atoms with van der Waals surface area (Å²) in [6.07, 6.45) is 1.29. The van der Waals surface area contributed by atoms with Gasteiger partial charge in [0.1, 0.15) is 10.8 Å². The maximum Gasteiger partial charge on any atom is 0.139 e. The van der Waals surface area contributed by atoms with Gasteiger partial charge in [0, 0.05) is 37.7 Å². The average molecular weight is 457 g/mol. The van der Waals surface area contributed by atoms with E-state index in [1.807, 2.05) is 0 Å². The van der Waals surface area contributed by atoms with Crippen LogP contribution in [0.3, 0.4) is 0 Å². The Bertz CT molecular complexity index is 857. The van der Waals surface area contributed by atoms with Crippen molar-refractivity contribution in [2.45, 2.75) is 32.4 Å². The molecule has 1 aromatic heterocycles. The zero-order valence-electron chi connectivity index (χ0n) is 17.3. The summed E-state index contributed by atoms with van der Waals surface area (Å²) in [6, 6.07) is 11.0. The number of aliphatic imine (C=N–C) groups is 1. The van der Waals surface area contributed by atoms with Gasteiger partial charge in [-0.05, 0) is 45.5 Å². The summed E-state index contributed by atoms with van der Waals surface area (Å²) in [4.78, 5) is 11.3. The van der Waals surface area contributed by atoms with E-state index in [0.29, 0.717) is 6.04 Å². The van der Waals surface area contributed by atoms with Crippen LogP contribution in [0.5, 0.6) is 0 Å². The number of fused-ring (bicyclic) bond motifs is 2. The number of hydrogen-bond donors (Lipinski definition) is 1. The highest BCUT2D eigenvalue weighted by atomic mass is 35.5. The summed E-state index contributed by atoms with van der Waals surface area (Å²) in [5.41, 5.74) is 3.31. The summed E-state index contributed by atoms with van der Waals surface area (Å²) >= 11 is 1.80. The topological polar surface area (TPSA) is 40.1 Å². The van der Waals surface area contributed by atoms with Gasteiger partial charge in [-0.1, -0.05) is 12.1 Å². The number of piperazine rings is 1. The van der Waals surface area contributed by atoms with Crippen molar-refractivity contribution >= 4 is 58.4 Å². The minimum absolute atomic E-state index is 0. The first kappa shape index (κ1) is 24.0. The van der Waals surface area contributed by atoms with Crippen LogP contribution in [0, 0.1) is 6.92 Å². The Hall–Kier alpha value is -1.31. The molecule has 3 heterocycles. The van der Waals surface area contributed by atoms with Crippen LogP contribution in [0.2, 0.25) is 0 Å². The number of hydrogen-bond acceptors (Lipinski definition) is 6. The van der Waals surface area contributed by atoms with Crippen LogP contribution < -0.4 is 5.32 Å². The van der Waals surface area contributed by atoms with Crippen molar-refractivity contribution in [1.29, 1.82) is 0 Å². The van der Waals surface area contributed by atoms with E-state index in [0.717, 1.165) is 43.3 Å². The van der Waals surface area contributed by atoms with E-state index >= 15 is 0 Å². The first-order valence-electron chi connectivity index (χ1n) is 9.58. The molecule has 0 bridgehead atoms. The number of ether oxygens (including phenoxy) is 1. The molecule has 5 nitrogen and oxygen atoms in total. The Labute approximate surface area is 190 Å². The molecule has 2 aliphatic heterocycles. The second-order valence-corrected chi connectivity index (χ2v) is 8.80. The van der Waals surface area contributed by atoms with Gasteiger partial charge in [0.2, 0.25) is 0 Å². The maximum absolute atomic E-state index is 5.52. The number of methoxy groups -OCH3 is 1. The fraction of sp³-hybridized carbons (Fsp3) is 0.476. The standard InChI is InChI=1S/C21H28N4OS.2ClH/c1-14(26-4)11-16-13-25(10-9-24(16)3)20-17-12-15(2)27-21(17)23-19-8-6-5-7-18(19)22-20;;/h5-8,12,14,16,23H,9-11,13H2,1-4H3;2*1H/t14-,16+;;/m1../s1. The first-order valence-corrected chi connectivity index (χ1v) is 10.4. The summed E-state index contributed by atoms with van der Waals surface area (Å²) in [7, 11) is 4.01. The van der Waals surface area contributed by atoms with Crippen molar-refractivity contribution in [2.24, 2.45) is 4.99 Å². The van der Waals surface area contributed by atoms with Gasteiger partial charge in [0.15, 0.2) is 0 Å². The van der Waals surface area contributed by atoms with Crippen molar-refractivity contribution < 1.29 is 4.74 Å². The Kier molecular flexibility index (Phi) is 8.37. The highest BCUT2D eigenvalue weighted by molar-refractivity contribution is 7.16.